The second kappa shape index (κ2) is 6.74. The highest BCUT2D eigenvalue weighted by Gasteiger charge is 2.40. The van der Waals surface area contributed by atoms with Gasteiger partial charge in [-0.2, -0.15) is 0 Å². The van der Waals surface area contributed by atoms with E-state index in [2.05, 4.69) is 36.2 Å². The highest BCUT2D eigenvalue weighted by atomic mass is 16.2. The van der Waals surface area contributed by atoms with Crippen molar-refractivity contribution in [3.63, 3.8) is 0 Å². The summed E-state index contributed by atoms with van der Waals surface area (Å²) in [4.78, 5) is 37.7. The molecular weight excluding hydrogens is 320 g/mol. The second-order valence-electron chi connectivity index (χ2n) is 7.43. The van der Waals surface area contributed by atoms with Gasteiger partial charge in [-0.15, -0.1) is 0 Å². The smallest absolute Gasteiger partial charge is 0.335 e. The molecule has 2 heterocycles. The molecular formula is C18H24N4O3. The SMILES string of the molecule is CC1(C)CC(c2ccccc2)N(C(=O)CCCn2c(=O)[nH][nH]c2=O)C1. The number of hydrogen-bond donors (Lipinski definition) is 2. The third kappa shape index (κ3) is 3.75. The van der Waals surface area contributed by atoms with Crippen LogP contribution >= 0.6 is 0 Å². The summed E-state index contributed by atoms with van der Waals surface area (Å²) < 4.78 is 1.08. The number of hydrogen-bond acceptors (Lipinski definition) is 3. The molecule has 1 aromatic carbocycles. The number of carbonyl (C=O) groups excluding carboxylic acids is 1. The summed E-state index contributed by atoms with van der Waals surface area (Å²) >= 11 is 0. The predicted molar refractivity (Wildman–Crippen MR) is 94.2 cm³/mol. The summed E-state index contributed by atoms with van der Waals surface area (Å²) in [6, 6.07) is 10.2. The molecule has 1 aliphatic heterocycles. The van der Waals surface area contributed by atoms with Gasteiger partial charge in [-0.3, -0.25) is 4.79 Å². The van der Waals surface area contributed by atoms with Crippen molar-refractivity contribution in [3.05, 3.63) is 56.9 Å². The van der Waals surface area contributed by atoms with Crippen LogP contribution in [0.5, 0.6) is 0 Å². The molecule has 2 aromatic rings. The monoisotopic (exact) mass is 344 g/mol. The second-order valence-corrected chi connectivity index (χ2v) is 7.43. The van der Waals surface area contributed by atoms with Gasteiger partial charge in [-0.1, -0.05) is 44.2 Å². The molecule has 1 saturated heterocycles. The van der Waals surface area contributed by atoms with Crippen LogP contribution in [0.4, 0.5) is 0 Å². The van der Waals surface area contributed by atoms with Crippen molar-refractivity contribution in [3.8, 4) is 0 Å². The zero-order chi connectivity index (χ0) is 18.0. The highest BCUT2D eigenvalue weighted by Crippen LogP contribution is 2.42. The van der Waals surface area contributed by atoms with Crippen molar-refractivity contribution >= 4 is 5.91 Å². The summed E-state index contributed by atoms with van der Waals surface area (Å²) in [5.41, 5.74) is 0.286. The number of amides is 1. The molecule has 0 bridgehead atoms. The highest BCUT2D eigenvalue weighted by molar-refractivity contribution is 5.77. The third-order valence-corrected chi connectivity index (χ3v) is 4.76. The van der Waals surface area contributed by atoms with Crippen LogP contribution in [0.15, 0.2) is 39.9 Å². The normalized spacial score (nSPS) is 19.3. The van der Waals surface area contributed by atoms with Crippen molar-refractivity contribution in [1.82, 2.24) is 19.7 Å². The van der Waals surface area contributed by atoms with Crippen LogP contribution in [-0.2, 0) is 11.3 Å². The zero-order valence-corrected chi connectivity index (χ0v) is 14.6. The van der Waals surface area contributed by atoms with E-state index in [1.807, 2.05) is 23.1 Å². The Morgan fingerprint density at radius 3 is 2.44 bits per heavy atom. The van der Waals surface area contributed by atoms with Gasteiger partial charge in [0.05, 0.1) is 6.04 Å². The van der Waals surface area contributed by atoms with Crippen molar-refractivity contribution in [2.45, 2.75) is 45.7 Å². The van der Waals surface area contributed by atoms with Crippen LogP contribution in [0.1, 0.15) is 44.7 Å². The molecule has 1 fully saturated rings. The molecule has 7 nitrogen and oxygen atoms in total. The van der Waals surface area contributed by atoms with Crippen molar-refractivity contribution < 1.29 is 4.79 Å². The molecule has 1 atom stereocenters. The molecule has 0 radical (unpaired) electrons. The lowest BCUT2D eigenvalue weighted by molar-refractivity contribution is -0.132. The van der Waals surface area contributed by atoms with Crippen LogP contribution < -0.4 is 11.4 Å². The number of aromatic nitrogens is 3. The number of likely N-dealkylation sites (tertiary alicyclic amines) is 1. The predicted octanol–water partition coefficient (Wildman–Crippen LogP) is 1.64. The Morgan fingerprint density at radius 2 is 1.80 bits per heavy atom. The molecule has 1 aromatic heterocycles. The fourth-order valence-electron chi connectivity index (χ4n) is 3.57. The average molecular weight is 344 g/mol. The fourth-order valence-corrected chi connectivity index (χ4v) is 3.57. The van der Waals surface area contributed by atoms with Crippen LogP contribution in [0.25, 0.3) is 0 Å². The van der Waals surface area contributed by atoms with Crippen LogP contribution in [0.3, 0.4) is 0 Å². The summed E-state index contributed by atoms with van der Waals surface area (Å²) in [6.07, 6.45) is 1.70. The first-order chi connectivity index (χ1) is 11.9. The van der Waals surface area contributed by atoms with Crippen molar-refractivity contribution in [2.24, 2.45) is 5.41 Å². The van der Waals surface area contributed by atoms with Gasteiger partial charge in [0.1, 0.15) is 0 Å². The molecule has 134 valence electrons. The maximum atomic E-state index is 12.8. The summed E-state index contributed by atoms with van der Waals surface area (Å²) in [5, 5.41) is 4.49. The van der Waals surface area contributed by atoms with Gasteiger partial charge in [-0.05, 0) is 23.8 Å². The summed E-state index contributed by atoms with van der Waals surface area (Å²) in [5.74, 6) is 0.0689. The first-order valence-corrected chi connectivity index (χ1v) is 8.59. The lowest BCUT2D eigenvalue weighted by Gasteiger charge is -2.25. The minimum atomic E-state index is -0.470. The molecule has 7 heteroatoms. The zero-order valence-electron chi connectivity index (χ0n) is 14.6. The number of rotatable bonds is 5. The largest absolute Gasteiger partial charge is 0.344 e. The number of nitrogens with one attached hydrogen (secondary N) is 2. The van der Waals surface area contributed by atoms with E-state index in [1.54, 1.807) is 0 Å². The lowest BCUT2D eigenvalue weighted by atomic mass is 9.89. The fraction of sp³-hybridized carbons (Fsp3) is 0.500. The summed E-state index contributed by atoms with van der Waals surface area (Å²) in [7, 11) is 0. The first kappa shape index (κ1) is 17.3. The van der Waals surface area contributed by atoms with Crippen LogP contribution in [0.2, 0.25) is 0 Å². The lowest BCUT2D eigenvalue weighted by Crippen LogP contribution is -2.33. The third-order valence-electron chi connectivity index (χ3n) is 4.76. The molecule has 2 N–H and O–H groups in total. The Labute approximate surface area is 145 Å². The quantitative estimate of drug-likeness (QED) is 0.864. The number of carbonyl (C=O) groups is 1. The van der Waals surface area contributed by atoms with E-state index in [4.69, 9.17) is 0 Å². The van der Waals surface area contributed by atoms with E-state index in [-0.39, 0.29) is 23.9 Å². The maximum absolute atomic E-state index is 12.8. The molecule has 1 aliphatic rings. The standard InChI is InChI=1S/C18H24N4O3/c1-18(2)11-14(13-7-4-3-5-8-13)22(12-18)15(23)9-6-10-21-16(24)19-20-17(21)25/h3-5,7-8,14H,6,9-12H2,1-2H3,(H,19,24)(H,20,25). The van der Waals surface area contributed by atoms with Crippen LogP contribution in [0, 0.1) is 5.41 Å². The minimum Gasteiger partial charge on any atom is -0.335 e. The Bertz CT molecular complexity index is 819. The molecule has 1 amide bonds. The molecule has 25 heavy (non-hydrogen) atoms. The van der Waals surface area contributed by atoms with Gasteiger partial charge < -0.3 is 4.90 Å². The van der Waals surface area contributed by atoms with E-state index >= 15 is 0 Å². The minimum absolute atomic E-state index is 0.0689. The maximum Gasteiger partial charge on any atom is 0.344 e. The average Bonchev–Trinajstić information content (AvgIpc) is 3.08. The molecule has 3 rings (SSSR count). The number of benzene rings is 1. The molecule has 1 unspecified atom stereocenters. The number of aromatic amines is 2. The van der Waals surface area contributed by atoms with Gasteiger partial charge in [0, 0.05) is 19.5 Å². The van der Waals surface area contributed by atoms with E-state index in [9.17, 15) is 14.4 Å². The van der Waals surface area contributed by atoms with Gasteiger partial charge in [0.2, 0.25) is 5.91 Å². The molecule has 0 aliphatic carbocycles. The number of H-pyrrole nitrogens is 2. The molecule has 0 saturated carbocycles. The molecule has 0 spiro atoms. The van der Waals surface area contributed by atoms with Gasteiger partial charge in [0.25, 0.3) is 0 Å². The topological polar surface area (TPSA) is 91.0 Å². The van der Waals surface area contributed by atoms with E-state index in [0.29, 0.717) is 12.8 Å². The Kier molecular flexibility index (Phi) is 4.65. The Hall–Kier alpha value is -2.57. The Morgan fingerprint density at radius 1 is 1.16 bits per heavy atom. The first-order valence-electron chi connectivity index (χ1n) is 8.59. The van der Waals surface area contributed by atoms with Gasteiger partial charge >= 0.3 is 11.4 Å². The van der Waals surface area contributed by atoms with Crippen LogP contribution in [-0.4, -0.2) is 32.1 Å². The van der Waals surface area contributed by atoms with E-state index in [0.717, 1.165) is 23.1 Å². The van der Waals surface area contributed by atoms with Gasteiger partial charge in [-0.25, -0.2) is 24.4 Å². The van der Waals surface area contributed by atoms with E-state index < -0.39 is 11.4 Å². The number of nitrogens with zero attached hydrogens (tertiary/aromatic N) is 2. The van der Waals surface area contributed by atoms with Crippen molar-refractivity contribution in [1.29, 1.82) is 0 Å². The summed E-state index contributed by atoms with van der Waals surface area (Å²) in [6.45, 7) is 5.30. The van der Waals surface area contributed by atoms with Gasteiger partial charge in [0.15, 0.2) is 0 Å². The van der Waals surface area contributed by atoms with Crippen molar-refractivity contribution in [2.75, 3.05) is 6.54 Å². The Balaban J connectivity index is 1.67. The van der Waals surface area contributed by atoms with E-state index in [1.165, 1.54) is 0 Å².